The molecule has 0 unspecified atom stereocenters. The van der Waals surface area contributed by atoms with Gasteiger partial charge in [-0.05, 0) is 13.8 Å². The largest absolute Gasteiger partial charge is 0.355 e. The molecule has 1 fully saturated rings. The van der Waals surface area contributed by atoms with Crippen LogP contribution in [0.3, 0.4) is 0 Å². The fourth-order valence-electron chi connectivity index (χ4n) is 1.81. The van der Waals surface area contributed by atoms with Crippen molar-refractivity contribution in [2.75, 3.05) is 31.1 Å². The van der Waals surface area contributed by atoms with E-state index in [0.29, 0.717) is 6.54 Å². The molecule has 1 amide bonds. The van der Waals surface area contributed by atoms with Gasteiger partial charge in [-0.15, -0.1) is 0 Å². The summed E-state index contributed by atoms with van der Waals surface area (Å²) in [5, 5.41) is 4.84. The highest BCUT2D eigenvalue weighted by Crippen LogP contribution is 2.10. The Balaban J connectivity index is 2.63. The number of carbonyl (C=O) groups is 2. The number of nitrogens with one attached hydrogen (secondary N) is 2. The number of thioether (sulfide) groups is 1. The Hall–Kier alpha value is -0.590. The number of hydrogen-bond acceptors (Lipinski definition) is 5. The molecule has 104 valence electrons. The summed E-state index contributed by atoms with van der Waals surface area (Å²) in [4.78, 5) is 23.5. The van der Waals surface area contributed by atoms with Gasteiger partial charge in [-0.3, -0.25) is 9.59 Å². The maximum absolute atomic E-state index is 12.0. The van der Waals surface area contributed by atoms with Gasteiger partial charge in [-0.25, -0.2) is 10.4 Å². The van der Waals surface area contributed by atoms with E-state index in [2.05, 4.69) is 15.8 Å². The highest BCUT2D eigenvalue weighted by atomic mass is 32.2. The Bertz CT molecular complexity index is 293. The first-order valence-corrected chi connectivity index (χ1v) is 7.58. The number of hydrogen-bond donors (Lipinski definition) is 2. The third-order valence-corrected chi connectivity index (χ3v) is 4.05. The molecule has 0 saturated carbocycles. The zero-order valence-electron chi connectivity index (χ0n) is 11.4. The van der Waals surface area contributed by atoms with Gasteiger partial charge < -0.3 is 5.32 Å². The van der Waals surface area contributed by atoms with Crippen molar-refractivity contribution in [3.05, 3.63) is 0 Å². The minimum Gasteiger partial charge on any atom is -0.355 e. The lowest BCUT2D eigenvalue weighted by Gasteiger charge is -2.32. The fourth-order valence-corrected chi connectivity index (χ4v) is 2.71. The lowest BCUT2D eigenvalue weighted by atomic mass is 9.98. The zero-order valence-corrected chi connectivity index (χ0v) is 12.2. The van der Waals surface area contributed by atoms with Gasteiger partial charge in [0.1, 0.15) is 11.8 Å². The fraction of sp³-hybridized carbons (Fsp3) is 0.833. The Kier molecular flexibility index (Phi) is 6.67. The molecule has 2 atom stereocenters. The molecule has 1 heterocycles. The summed E-state index contributed by atoms with van der Waals surface area (Å²) in [6.45, 7) is 7.61. The molecule has 6 heteroatoms. The highest BCUT2D eigenvalue weighted by molar-refractivity contribution is 7.99. The molecule has 1 saturated heterocycles. The summed E-state index contributed by atoms with van der Waals surface area (Å²) in [6.07, 6.45) is 0. The molecule has 1 aliphatic heterocycles. The first kappa shape index (κ1) is 15.5. The first-order valence-electron chi connectivity index (χ1n) is 6.43. The van der Waals surface area contributed by atoms with Crippen LogP contribution < -0.4 is 10.7 Å². The number of rotatable bonds is 6. The lowest BCUT2D eigenvalue weighted by molar-refractivity contribution is -0.131. The molecule has 2 N–H and O–H groups in total. The van der Waals surface area contributed by atoms with E-state index < -0.39 is 6.04 Å². The van der Waals surface area contributed by atoms with E-state index in [1.807, 2.05) is 18.7 Å². The quantitative estimate of drug-likeness (QED) is 0.727. The summed E-state index contributed by atoms with van der Waals surface area (Å²) in [6, 6.07) is -0.467. The third-order valence-electron chi connectivity index (χ3n) is 3.11. The van der Waals surface area contributed by atoms with Crippen LogP contribution in [0.15, 0.2) is 0 Å². The van der Waals surface area contributed by atoms with E-state index in [1.165, 1.54) is 6.92 Å². The molecule has 18 heavy (non-hydrogen) atoms. The number of amides is 1. The number of ketones is 1. The summed E-state index contributed by atoms with van der Waals surface area (Å²) >= 11 is 1.91. The van der Waals surface area contributed by atoms with Gasteiger partial charge in [-0.1, -0.05) is 6.92 Å². The Morgan fingerprint density at radius 1 is 1.33 bits per heavy atom. The average Bonchev–Trinajstić information content (AvgIpc) is 2.36. The topological polar surface area (TPSA) is 61.4 Å². The van der Waals surface area contributed by atoms with Crippen molar-refractivity contribution in [1.82, 2.24) is 15.8 Å². The van der Waals surface area contributed by atoms with Crippen molar-refractivity contribution < 1.29 is 9.59 Å². The zero-order chi connectivity index (χ0) is 13.5. The van der Waals surface area contributed by atoms with E-state index in [0.717, 1.165) is 24.6 Å². The van der Waals surface area contributed by atoms with Gasteiger partial charge in [0.05, 0.1) is 0 Å². The molecular formula is C12H23N3O2S. The van der Waals surface area contributed by atoms with Gasteiger partial charge >= 0.3 is 0 Å². The lowest BCUT2D eigenvalue weighted by Crippen LogP contribution is -2.57. The van der Waals surface area contributed by atoms with Gasteiger partial charge in [0.2, 0.25) is 5.91 Å². The highest BCUT2D eigenvalue weighted by Gasteiger charge is 2.29. The summed E-state index contributed by atoms with van der Waals surface area (Å²) in [5.41, 5.74) is 3.21. The maximum atomic E-state index is 12.0. The second kappa shape index (κ2) is 7.76. The maximum Gasteiger partial charge on any atom is 0.239 e. The Morgan fingerprint density at radius 3 is 2.44 bits per heavy atom. The standard InChI is InChI=1S/C12H23N3O2S/c1-4-13-12(17)11(9(2)10(3)16)14-15-5-7-18-8-6-15/h9,11,14H,4-8H2,1-3H3,(H,13,17)/t9-,11-/m0/s1. The van der Waals surface area contributed by atoms with E-state index in [1.54, 1.807) is 6.92 Å². The molecule has 0 spiro atoms. The predicted octanol–water partition coefficient (Wildman–Crippen LogP) is 0.270. The molecular weight excluding hydrogens is 250 g/mol. The van der Waals surface area contributed by atoms with Crippen LogP contribution in [-0.4, -0.2) is 53.9 Å². The van der Waals surface area contributed by atoms with Crippen molar-refractivity contribution >= 4 is 23.5 Å². The molecule has 1 aliphatic rings. The van der Waals surface area contributed by atoms with Crippen LogP contribution in [0.2, 0.25) is 0 Å². The van der Waals surface area contributed by atoms with Crippen LogP contribution in [0.5, 0.6) is 0 Å². The van der Waals surface area contributed by atoms with Gasteiger partial charge in [0, 0.05) is 37.1 Å². The number of hydrazine groups is 1. The van der Waals surface area contributed by atoms with Crippen LogP contribution >= 0.6 is 11.8 Å². The summed E-state index contributed by atoms with van der Waals surface area (Å²) < 4.78 is 0. The van der Waals surface area contributed by atoms with Crippen LogP contribution in [0.1, 0.15) is 20.8 Å². The molecule has 0 aromatic rings. The van der Waals surface area contributed by atoms with Crippen molar-refractivity contribution in [2.45, 2.75) is 26.8 Å². The van der Waals surface area contributed by atoms with Gasteiger partial charge in [0.15, 0.2) is 0 Å². The second-order valence-corrected chi connectivity index (χ2v) is 5.72. The van der Waals surface area contributed by atoms with Crippen molar-refractivity contribution in [1.29, 1.82) is 0 Å². The summed E-state index contributed by atoms with van der Waals surface area (Å²) in [7, 11) is 0. The second-order valence-electron chi connectivity index (χ2n) is 4.50. The number of Topliss-reactive ketones (excluding diaryl/α,β-unsaturated/α-hetero) is 1. The first-order chi connectivity index (χ1) is 8.56. The Labute approximate surface area is 113 Å². The Morgan fingerprint density at radius 2 is 1.94 bits per heavy atom. The van der Waals surface area contributed by atoms with Crippen molar-refractivity contribution in [3.63, 3.8) is 0 Å². The van der Waals surface area contributed by atoms with Crippen molar-refractivity contribution in [2.24, 2.45) is 5.92 Å². The third kappa shape index (κ3) is 4.59. The number of carbonyl (C=O) groups excluding carboxylic acids is 2. The van der Waals surface area contributed by atoms with Crippen LogP contribution in [0, 0.1) is 5.92 Å². The number of likely N-dealkylation sites (N-methyl/N-ethyl adjacent to an activating group) is 1. The summed E-state index contributed by atoms with van der Waals surface area (Å²) in [5.74, 6) is 1.74. The molecule has 0 bridgehead atoms. The minimum atomic E-state index is -0.467. The van der Waals surface area contributed by atoms with E-state index >= 15 is 0 Å². The van der Waals surface area contributed by atoms with Gasteiger partial charge in [-0.2, -0.15) is 11.8 Å². The molecule has 0 radical (unpaired) electrons. The van der Waals surface area contributed by atoms with Crippen LogP contribution in [0.25, 0.3) is 0 Å². The smallest absolute Gasteiger partial charge is 0.239 e. The average molecular weight is 273 g/mol. The number of nitrogens with zero attached hydrogens (tertiary/aromatic N) is 1. The minimum absolute atomic E-state index is 0.0325. The van der Waals surface area contributed by atoms with E-state index in [4.69, 9.17) is 0 Å². The molecule has 5 nitrogen and oxygen atoms in total. The normalized spacial score (nSPS) is 20.2. The van der Waals surface area contributed by atoms with Crippen molar-refractivity contribution in [3.8, 4) is 0 Å². The van der Waals surface area contributed by atoms with E-state index in [-0.39, 0.29) is 17.6 Å². The van der Waals surface area contributed by atoms with Crippen LogP contribution in [-0.2, 0) is 9.59 Å². The van der Waals surface area contributed by atoms with Gasteiger partial charge in [0.25, 0.3) is 0 Å². The predicted molar refractivity (Wildman–Crippen MR) is 74.4 cm³/mol. The molecule has 1 rings (SSSR count). The van der Waals surface area contributed by atoms with E-state index in [9.17, 15) is 9.59 Å². The molecule has 0 aromatic carbocycles. The molecule has 0 aromatic heterocycles. The van der Waals surface area contributed by atoms with Crippen LogP contribution in [0.4, 0.5) is 0 Å². The monoisotopic (exact) mass is 273 g/mol. The molecule has 0 aliphatic carbocycles. The SMILES string of the molecule is CCNC(=O)[C@@H](NN1CCSCC1)[C@@H](C)C(C)=O.